The second-order valence-corrected chi connectivity index (χ2v) is 5.55. The van der Waals surface area contributed by atoms with Crippen molar-refractivity contribution in [2.45, 2.75) is 19.9 Å². The Morgan fingerprint density at radius 1 is 1.18 bits per heavy atom. The quantitative estimate of drug-likeness (QED) is 0.783. The van der Waals surface area contributed by atoms with Crippen molar-refractivity contribution < 1.29 is 4.39 Å². The van der Waals surface area contributed by atoms with Crippen LogP contribution >= 0.6 is 0 Å². The lowest BCUT2D eigenvalue weighted by Crippen LogP contribution is -2.15. The molecule has 0 amide bonds. The monoisotopic (exact) mass is 297 g/mol. The lowest BCUT2D eigenvalue weighted by molar-refractivity contribution is 0.595. The largest absolute Gasteiger partial charge is 0.323 e. The van der Waals surface area contributed by atoms with Crippen LogP contribution < -0.4 is 5.32 Å². The molecule has 1 N–H and O–H groups in total. The molecule has 0 fully saturated rings. The third-order valence-electron chi connectivity index (χ3n) is 3.87. The lowest BCUT2D eigenvalue weighted by atomic mass is 10.2. The molecule has 0 radical (unpaired) electrons. The molecule has 2 aromatic carbocycles. The van der Waals surface area contributed by atoms with E-state index in [2.05, 4.69) is 35.0 Å². The second-order valence-electron chi connectivity index (χ2n) is 5.55. The maximum atomic E-state index is 14.0. The Balaban J connectivity index is 2.07. The Morgan fingerprint density at radius 3 is 2.77 bits per heavy atom. The van der Waals surface area contributed by atoms with Gasteiger partial charge in [-0.15, -0.1) is 0 Å². The van der Waals surface area contributed by atoms with E-state index >= 15 is 0 Å². The van der Waals surface area contributed by atoms with Crippen molar-refractivity contribution in [2.75, 3.05) is 13.6 Å². The molecular weight excluding hydrogens is 277 g/mol. The van der Waals surface area contributed by atoms with Gasteiger partial charge in [0, 0.05) is 18.5 Å². The summed E-state index contributed by atoms with van der Waals surface area (Å²) in [7, 11) is 1.92. The van der Waals surface area contributed by atoms with E-state index < -0.39 is 0 Å². The summed E-state index contributed by atoms with van der Waals surface area (Å²) in [6.45, 7) is 3.41. The maximum Gasteiger partial charge on any atom is 0.128 e. The molecule has 4 heteroatoms. The highest BCUT2D eigenvalue weighted by molar-refractivity contribution is 5.77. The van der Waals surface area contributed by atoms with E-state index in [0.717, 1.165) is 29.8 Å². The maximum absolute atomic E-state index is 14.0. The molecule has 3 nitrogen and oxygen atoms in total. The van der Waals surface area contributed by atoms with Gasteiger partial charge in [-0.1, -0.05) is 24.3 Å². The summed E-state index contributed by atoms with van der Waals surface area (Å²) >= 11 is 0. The van der Waals surface area contributed by atoms with Crippen LogP contribution in [-0.2, 0) is 13.0 Å². The third kappa shape index (κ3) is 2.88. The van der Waals surface area contributed by atoms with Gasteiger partial charge in [-0.2, -0.15) is 0 Å². The first-order valence-electron chi connectivity index (χ1n) is 7.53. The minimum absolute atomic E-state index is 0.170. The first-order chi connectivity index (χ1) is 10.7. The van der Waals surface area contributed by atoms with Gasteiger partial charge in [-0.3, -0.25) is 0 Å². The number of hydrogen-bond acceptors (Lipinski definition) is 2. The Morgan fingerprint density at radius 2 is 2.00 bits per heavy atom. The molecule has 3 aromatic rings. The van der Waals surface area contributed by atoms with Gasteiger partial charge in [0.25, 0.3) is 0 Å². The van der Waals surface area contributed by atoms with Gasteiger partial charge < -0.3 is 9.88 Å². The molecule has 1 heterocycles. The van der Waals surface area contributed by atoms with E-state index in [4.69, 9.17) is 4.98 Å². The van der Waals surface area contributed by atoms with Crippen molar-refractivity contribution >= 4 is 11.0 Å². The van der Waals surface area contributed by atoms with Gasteiger partial charge in [0.1, 0.15) is 11.6 Å². The molecule has 22 heavy (non-hydrogen) atoms. The molecule has 0 spiro atoms. The number of imidazole rings is 1. The SMILES string of the molecule is CNCCc1nc2cc(C)ccc2n1Cc1ccccc1F. The molecular formula is C18H20FN3. The number of likely N-dealkylation sites (N-methyl/N-ethyl adjacent to an activating group) is 1. The summed E-state index contributed by atoms with van der Waals surface area (Å²) in [6, 6.07) is 13.1. The van der Waals surface area contributed by atoms with Crippen LogP contribution in [0, 0.1) is 12.7 Å². The summed E-state index contributed by atoms with van der Waals surface area (Å²) < 4.78 is 16.1. The summed E-state index contributed by atoms with van der Waals surface area (Å²) in [5.74, 6) is 0.814. The zero-order valence-electron chi connectivity index (χ0n) is 12.9. The Bertz CT molecular complexity index is 792. The number of rotatable bonds is 5. The molecule has 1 aromatic heterocycles. The van der Waals surface area contributed by atoms with E-state index in [1.807, 2.05) is 19.2 Å². The van der Waals surface area contributed by atoms with Crippen LogP contribution in [0.1, 0.15) is 17.0 Å². The van der Waals surface area contributed by atoms with E-state index in [-0.39, 0.29) is 5.82 Å². The number of nitrogens with one attached hydrogen (secondary N) is 1. The fourth-order valence-electron chi connectivity index (χ4n) is 2.69. The predicted molar refractivity (Wildman–Crippen MR) is 87.6 cm³/mol. The van der Waals surface area contributed by atoms with Crippen LogP contribution in [0.5, 0.6) is 0 Å². The Labute approximate surface area is 129 Å². The topological polar surface area (TPSA) is 29.9 Å². The smallest absolute Gasteiger partial charge is 0.128 e. The van der Waals surface area contributed by atoms with Crippen LogP contribution in [0.25, 0.3) is 11.0 Å². The van der Waals surface area contributed by atoms with Crippen molar-refractivity contribution in [3.05, 3.63) is 65.2 Å². The molecule has 0 aliphatic rings. The summed E-state index contributed by atoms with van der Waals surface area (Å²) in [5.41, 5.74) is 3.90. The average molecular weight is 297 g/mol. The molecule has 114 valence electrons. The third-order valence-corrected chi connectivity index (χ3v) is 3.87. The number of hydrogen-bond donors (Lipinski definition) is 1. The normalized spacial score (nSPS) is 11.2. The summed E-state index contributed by atoms with van der Waals surface area (Å²) in [4.78, 5) is 4.74. The van der Waals surface area contributed by atoms with Gasteiger partial charge in [0.2, 0.25) is 0 Å². The minimum atomic E-state index is -0.170. The average Bonchev–Trinajstić information content (AvgIpc) is 2.84. The van der Waals surface area contributed by atoms with Gasteiger partial charge in [-0.05, 0) is 37.7 Å². The highest BCUT2D eigenvalue weighted by Crippen LogP contribution is 2.20. The van der Waals surface area contributed by atoms with Crippen LogP contribution in [-0.4, -0.2) is 23.1 Å². The number of fused-ring (bicyclic) bond motifs is 1. The van der Waals surface area contributed by atoms with Gasteiger partial charge in [-0.25, -0.2) is 9.37 Å². The van der Waals surface area contributed by atoms with E-state index in [0.29, 0.717) is 12.1 Å². The van der Waals surface area contributed by atoms with Crippen LogP contribution in [0.3, 0.4) is 0 Å². The Kier molecular flexibility index (Phi) is 4.20. The first-order valence-corrected chi connectivity index (χ1v) is 7.53. The van der Waals surface area contributed by atoms with Crippen molar-refractivity contribution in [3.63, 3.8) is 0 Å². The second kappa shape index (κ2) is 6.28. The summed E-state index contributed by atoms with van der Waals surface area (Å²) in [5, 5.41) is 3.15. The van der Waals surface area contributed by atoms with Gasteiger partial charge in [0.05, 0.1) is 17.6 Å². The van der Waals surface area contributed by atoms with Crippen molar-refractivity contribution in [1.82, 2.24) is 14.9 Å². The number of benzene rings is 2. The van der Waals surface area contributed by atoms with Crippen LogP contribution in [0.4, 0.5) is 4.39 Å². The number of aromatic nitrogens is 2. The van der Waals surface area contributed by atoms with Crippen molar-refractivity contribution in [1.29, 1.82) is 0 Å². The first kappa shape index (κ1) is 14.7. The number of aryl methyl sites for hydroxylation is 1. The summed E-state index contributed by atoms with van der Waals surface area (Å²) in [6.07, 6.45) is 0.818. The fourth-order valence-corrected chi connectivity index (χ4v) is 2.69. The van der Waals surface area contributed by atoms with Crippen LogP contribution in [0.15, 0.2) is 42.5 Å². The fraction of sp³-hybridized carbons (Fsp3) is 0.278. The standard InChI is InChI=1S/C18H20FN3/c1-13-7-8-17-16(11-13)21-18(9-10-20-2)22(17)12-14-5-3-4-6-15(14)19/h3-8,11,20H,9-10,12H2,1-2H3. The minimum Gasteiger partial charge on any atom is -0.323 e. The molecule has 0 aliphatic heterocycles. The van der Waals surface area contributed by atoms with Crippen LogP contribution in [0.2, 0.25) is 0 Å². The van der Waals surface area contributed by atoms with E-state index in [1.54, 1.807) is 6.07 Å². The zero-order chi connectivity index (χ0) is 15.5. The molecule has 0 atom stereocenters. The Hall–Kier alpha value is -2.20. The van der Waals surface area contributed by atoms with Gasteiger partial charge >= 0.3 is 0 Å². The zero-order valence-corrected chi connectivity index (χ0v) is 12.9. The molecule has 3 rings (SSSR count). The number of nitrogens with zero attached hydrogens (tertiary/aromatic N) is 2. The highest BCUT2D eigenvalue weighted by atomic mass is 19.1. The molecule has 0 bridgehead atoms. The van der Waals surface area contributed by atoms with E-state index in [9.17, 15) is 4.39 Å². The molecule has 0 aliphatic carbocycles. The lowest BCUT2D eigenvalue weighted by Gasteiger charge is -2.10. The van der Waals surface area contributed by atoms with Gasteiger partial charge in [0.15, 0.2) is 0 Å². The predicted octanol–water partition coefficient (Wildman–Crippen LogP) is 3.29. The van der Waals surface area contributed by atoms with E-state index in [1.165, 1.54) is 11.6 Å². The van der Waals surface area contributed by atoms with Crippen molar-refractivity contribution in [3.8, 4) is 0 Å². The molecule has 0 saturated heterocycles. The number of halogens is 1. The molecule has 0 unspecified atom stereocenters. The highest BCUT2D eigenvalue weighted by Gasteiger charge is 2.12. The molecule has 0 saturated carbocycles. The van der Waals surface area contributed by atoms with Crippen molar-refractivity contribution in [2.24, 2.45) is 0 Å².